The molecule has 2 heterocycles. The van der Waals surface area contributed by atoms with E-state index in [4.69, 9.17) is 4.74 Å². The molecule has 35 heavy (non-hydrogen) atoms. The van der Waals surface area contributed by atoms with Crippen LogP contribution in [0.5, 0.6) is 5.75 Å². The van der Waals surface area contributed by atoms with Crippen molar-refractivity contribution in [1.82, 2.24) is 23.9 Å². The van der Waals surface area contributed by atoms with Gasteiger partial charge in [-0.15, -0.1) is 5.10 Å². The molecule has 9 nitrogen and oxygen atoms in total. The number of nitrogens with zero attached hydrogens (tertiary/aromatic N) is 4. The van der Waals surface area contributed by atoms with Crippen molar-refractivity contribution in [3.05, 3.63) is 40.1 Å². The highest BCUT2D eigenvalue weighted by molar-refractivity contribution is 7.89. The Morgan fingerprint density at radius 2 is 1.86 bits per heavy atom. The average molecular weight is 504 g/mol. The Bertz CT molecular complexity index is 1310. The van der Waals surface area contributed by atoms with Crippen molar-refractivity contribution >= 4 is 15.5 Å². The predicted octanol–water partition coefficient (Wildman–Crippen LogP) is 4.34. The average Bonchev–Trinajstić information content (AvgIpc) is 3.15. The third-order valence-corrected chi connectivity index (χ3v) is 7.86. The number of nitrogens with one attached hydrogen (secondary N) is 1. The van der Waals surface area contributed by atoms with E-state index < -0.39 is 10.0 Å². The van der Waals surface area contributed by atoms with E-state index in [9.17, 15) is 13.2 Å². The number of aromatic nitrogens is 4. The summed E-state index contributed by atoms with van der Waals surface area (Å²) in [4.78, 5) is 20.5. The summed E-state index contributed by atoms with van der Waals surface area (Å²) < 4.78 is 35.9. The minimum absolute atomic E-state index is 0.146. The number of fused-ring (bicyclic) bond motifs is 1. The van der Waals surface area contributed by atoms with E-state index >= 15 is 0 Å². The van der Waals surface area contributed by atoms with E-state index in [-0.39, 0.29) is 16.3 Å². The number of hydrogen-bond acceptors (Lipinski definition) is 6. The number of hydrogen-bond donors (Lipinski definition) is 1. The molecule has 0 fully saturated rings. The van der Waals surface area contributed by atoms with Crippen molar-refractivity contribution in [2.24, 2.45) is 0 Å². The van der Waals surface area contributed by atoms with Gasteiger partial charge in [0.25, 0.3) is 5.56 Å². The van der Waals surface area contributed by atoms with Crippen LogP contribution < -0.4 is 10.3 Å². The molecular weight excluding hydrogens is 466 g/mol. The number of ether oxygens (including phenoxy) is 1. The smallest absolute Gasteiger partial charge is 0.277 e. The van der Waals surface area contributed by atoms with Gasteiger partial charge in [0.1, 0.15) is 11.6 Å². The quantitative estimate of drug-likeness (QED) is 0.348. The molecule has 192 valence electrons. The fourth-order valence-corrected chi connectivity index (χ4v) is 5.59. The third kappa shape index (κ3) is 5.75. The molecule has 0 saturated carbocycles. The Kier molecular flexibility index (Phi) is 9.07. The molecule has 3 rings (SSSR count). The largest absolute Gasteiger partial charge is 0.493 e. The minimum Gasteiger partial charge on any atom is -0.493 e. The highest BCUT2D eigenvalue weighted by Gasteiger charge is 2.25. The highest BCUT2D eigenvalue weighted by atomic mass is 32.2. The standard InChI is InChI=1S/C25H37N5O4S/c1-6-10-11-15-29(9-4)35(32,33)19-13-14-21(34-16-8-3)20(17-19)24-27-25(31)23-18(5)26-22(12-7-2)30(23)28-24/h13-14,17H,6-12,15-16H2,1-5H3,(H,27,28,31). The molecule has 0 bridgehead atoms. The maximum absolute atomic E-state index is 13.5. The lowest BCUT2D eigenvalue weighted by molar-refractivity contribution is 0.318. The molecule has 2 aromatic heterocycles. The number of H-pyrrole nitrogens is 1. The van der Waals surface area contributed by atoms with Crippen molar-refractivity contribution in [2.75, 3.05) is 19.7 Å². The van der Waals surface area contributed by atoms with E-state index in [1.807, 2.05) is 20.8 Å². The van der Waals surface area contributed by atoms with Gasteiger partial charge in [0, 0.05) is 19.5 Å². The Morgan fingerprint density at radius 3 is 2.51 bits per heavy atom. The number of unbranched alkanes of at least 4 members (excludes halogenated alkanes) is 2. The van der Waals surface area contributed by atoms with E-state index in [0.29, 0.717) is 54.5 Å². The van der Waals surface area contributed by atoms with Crippen molar-refractivity contribution in [3.63, 3.8) is 0 Å². The zero-order valence-electron chi connectivity index (χ0n) is 21.4. The molecule has 0 amide bonds. The Morgan fingerprint density at radius 1 is 1.09 bits per heavy atom. The normalized spacial score (nSPS) is 12.1. The Labute approximate surface area is 207 Å². The number of rotatable bonds is 13. The zero-order valence-corrected chi connectivity index (χ0v) is 22.2. The van der Waals surface area contributed by atoms with Crippen LogP contribution in [0.15, 0.2) is 27.9 Å². The van der Waals surface area contributed by atoms with Gasteiger partial charge < -0.3 is 9.72 Å². The number of sulfonamides is 1. The highest BCUT2D eigenvalue weighted by Crippen LogP contribution is 2.31. The molecule has 0 saturated heterocycles. The van der Waals surface area contributed by atoms with E-state index in [1.54, 1.807) is 29.6 Å². The molecule has 0 aliphatic carbocycles. The molecule has 0 spiro atoms. The van der Waals surface area contributed by atoms with Crippen molar-refractivity contribution in [2.45, 2.75) is 78.0 Å². The maximum Gasteiger partial charge on any atom is 0.277 e. The number of benzene rings is 1. The summed E-state index contributed by atoms with van der Waals surface area (Å²) in [5, 5.41) is 4.67. The summed E-state index contributed by atoms with van der Waals surface area (Å²) in [7, 11) is -3.73. The fraction of sp³-hybridized carbons (Fsp3) is 0.560. The molecule has 0 unspecified atom stereocenters. The molecule has 1 N–H and O–H groups in total. The summed E-state index contributed by atoms with van der Waals surface area (Å²) in [5.41, 5.74) is 1.10. The van der Waals surface area contributed by atoms with Crippen molar-refractivity contribution in [3.8, 4) is 17.1 Å². The molecule has 0 radical (unpaired) electrons. The van der Waals surface area contributed by atoms with Crippen LogP contribution >= 0.6 is 0 Å². The molecule has 0 aliphatic heterocycles. The van der Waals surface area contributed by atoms with Crippen molar-refractivity contribution in [1.29, 1.82) is 0 Å². The molecule has 0 aliphatic rings. The topological polar surface area (TPSA) is 110 Å². The van der Waals surface area contributed by atoms with E-state index in [0.717, 1.165) is 32.1 Å². The van der Waals surface area contributed by atoms with Crippen molar-refractivity contribution < 1.29 is 13.2 Å². The first-order valence-electron chi connectivity index (χ1n) is 12.5. The fourth-order valence-electron chi connectivity index (χ4n) is 4.07. The van der Waals surface area contributed by atoms with Crippen LogP contribution in [-0.4, -0.2) is 52.0 Å². The predicted molar refractivity (Wildman–Crippen MR) is 138 cm³/mol. The first-order valence-corrected chi connectivity index (χ1v) is 14.0. The second-order valence-corrected chi connectivity index (χ2v) is 10.6. The van der Waals surface area contributed by atoms with Crippen LogP contribution in [0, 0.1) is 6.92 Å². The van der Waals surface area contributed by atoms with Crippen LogP contribution in [0.2, 0.25) is 0 Å². The third-order valence-electron chi connectivity index (χ3n) is 5.89. The van der Waals surface area contributed by atoms with Gasteiger partial charge in [0.2, 0.25) is 10.0 Å². The van der Waals surface area contributed by atoms with E-state index in [1.165, 1.54) is 4.31 Å². The first-order chi connectivity index (χ1) is 16.8. The van der Waals surface area contributed by atoms with Gasteiger partial charge in [0.15, 0.2) is 11.3 Å². The minimum atomic E-state index is -3.73. The van der Waals surface area contributed by atoms with Gasteiger partial charge in [0.05, 0.1) is 22.8 Å². The molecule has 1 aromatic carbocycles. The Balaban J connectivity index is 2.16. The number of aromatic amines is 1. The molecule has 3 aromatic rings. The number of aryl methyl sites for hydroxylation is 2. The summed E-state index contributed by atoms with van der Waals surface area (Å²) in [5.74, 6) is 1.41. The van der Waals surface area contributed by atoms with Gasteiger partial charge in [-0.3, -0.25) is 4.79 Å². The Hall–Kier alpha value is -2.72. The SMILES string of the molecule is CCCCCN(CC)S(=O)(=O)c1ccc(OCCC)c(-c2nn3c(CCC)nc(C)c3c(=O)[nH]2)c1. The second kappa shape index (κ2) is 11.8. The second-order valence-electron chi connectivity index (χ2n) is 8.64. The van der Waals surface area contributed by atoms with Gasteiger partial charge >= 0.3 is 0 Å². The van der Waals surface area contributed by atoms with E-state index in [2.05, 4.69) is 22.0 Å². The summed E-state index contributed by atoms with van der Waals surface area (Å²) >= 11 is 0. The van der Waals surface area contributed by atoms with Gasteiger partial charge in [-0.1, -0.05) is 40.5 Å². The monoisotopic (exact) mass is 503 g/mol. The lowest BCUT2D eigenvalue weighted by Crippen LogP contribution is -2.32. The van der Waals surface area contributed by atoms with Gasteiger partial charge in [-0.25, -0.2) is 17.9 Å². The van der Waals surface area contributed by atoms with Crippen LogP contribution in [0.4, 0.5) is 0 Å². The zero-order chi connectivity index (χ0) is 25.6. The summed E-state index contributed by atoms with van der Waals surface area (Å²) in [6.07, 6.45) is 5.09. The maximum atomic E-state index is 13.5. The van der Waals surface area contributed by atoms with Gasteiger partial charge in [-0.05, 0) is 44.4 Å². The lowest BCUT2D eigenvalue weighted by atomic mass is 10.2. The first kappa shape index (κ1) is 26.9. The summed E-state index contributed by atoms with van der Waals surface area (Å²) in [6, 6.07) is 4.76. The van der Waals surface area contributed by atoms with Crippen LogP contribution in [0.25, 0.3) is 16.9 Å². The molecule has 10 heteroatoms. The van der Waals surface area contributed by atoms with Crippen LogP contribution in [0.1, 0.15) is 71.3 Å². The number of imidazole rings is 1. The molecule has 0 atom stereocenters. The lowest BCUT2D eigenvalue weighted by Gasteiger charge is -2.21. The van der Waals surface area contributed by atoms with Gasteiger partial charge in [-0.2, -0.15) is 4.31 Å². The van der Waals surface area contributed by atoms with Crippen LogP contribution in [-0.2, 0) is 16.4 Å². The molecular formula is C25H37N5O4S. The summed E-state index contributed by atoms with van der Waals surface area (Å²) in [6.45, 7) is 11.0. The van der Waals surface area contributed by atoms with Crippen LogP contribution in [0.3, 0.4) is 0 Å².